The summed E-state index contributed by atoms with van der Waals surface area (Å²) >= 11 is 0. The van der Waals surface area contributed by atoms with Gasteiger partial charge in [-0.15, -0.1) is 0 Å². The van der Waals surface area contributed by atoms with Crippen LogP contribution in [0.4, 0.5) is 0 Å². The van der Waals surface area contributed by atoms with Crippen molar-refractivity contribution in [3.63, 3.8) is 0 Å². The molecule has 0 N–H and O–H groups in total. The average molecular weight is 429 g/mol. The van der Waals surface area contributed by atoms with Crippen LogP contribution in [0.1, 0.15) is 57.8 Å². The molecule has 0 spiro atoms. The Kier molecular flexibility index (Phi) is 8.20. The van der Waals surface area contributed by atoms with E-state index >= 15 is 0 Å². The SMILES string of the molecule is CCCC[C@H]1CO[C@H](CC[C@H]2CO[C@H](c3ccc4cc(OCC)ccc4c3)OC2)OC1. The van der Waals surface area contributed by atoms with Crippen LogP contribution in [0, 0.1) is 11.8 Å². The molecule has 0 aromatic heterocycles. The van der Waals surface area contributed by atoms with Crippen molar-refractivity contribution in [3.8, 4) is 5.75 Å². The molecular formula is C26H36O5. The highest BCUT2D eigenvalue weighted by Crippen LogP contribution is 2.31. The number of hydrogen-bond acceptors (Lipinski definition) is 5. The Morgan fingerprint density at radius 1 is 0.774 bits per heavy atom. The molecule has 0 bridgehead atoms. The lowest BCUT2D eigenvalue weighted by Gasteiger charge is -2.32. The second kappa shape index (κ2) is 11.3. The number of fused-ring (bicyclic) bond motifs is 1. The highest BCUT2D eigenvalue weighted by molar-refractivity contribution is 5.84. The van der Waals surface area contributed by atoms with Crippen molar-refractivity contribution in [2.24, 2.45) is 11.8 Å². The molecule has 2 aliphatic rings. The van der Waals surface area contributed by atoms with E-state index in [1.54, 1.807) is 0 Å². The van der Waals surface area contributed by atoms with Crippen LogP contribution in [0.3, 0.4) is 0 Å². The zero-order chi connectivity index (χ0) is 21.5. The molecule has 2 aliphatic heterocycles. The molecule has 0 amide bonds. The van der Waals surface area contributed by atoms with E-state index in [1.807, 2.05) is 13.0 Å². The summed E-state index contributed by atoms with van der Waals surface area (Å²) in [6.45, 7) is 7.97. The zero-order valence-electron chi connectivity index (χ0n) is 18.9. The standard InChI is InChI=1S/C26H36O5/c1-3-5-6-19-15-28-25(29-16-19)12-7-20-17-30-26(31-18-20)23-9-8-22-14-24(27-4-2)11-10-21(22)13-23/h8-11,13-14,19-20,25-26H,3-7,12,15-18H2,1-2H3/t19-,20-,25-,26-. The monoisotopic (exact) mass is 428 g/mol. The van der Waals surface area contributed by atoms with Gasteiger partial charge in [0.15, 0.2) is 12.6 Å². The molecule has 0 radical (unpaired) electrons. The largest absolute Gasteiger partial charge is 0.494 e. The van der Waals surface area contributed by atoms with Crippen LogP contribution in [0.25, 0.3) is 10.8 Å². The topological polar surface area (TPSA) is 46.2 Å². The molecule has 4 rings (SSSR count). The van der Waals surface area contributed by atoms with Gasteiger partial charge in [0.05, 0.1) is 33.0 Å². The Hall–Kier alpha value is -1.66. The Balaban J connectivity index is 1.21. The van der Waals surface area contributed by atoms with Crippen molar-refractivity contribution < 1.29 is 23.7 Å². The summed E-state index contributed by atoms with van der Waals surface area (Å²) in [6.07, 6.45) is 5.22. The van der Waals surface area contributed by atoms with Gasteiger partial charge in [0, 0.05) is 17.4 Å². The Labute approximate surface area is 186 Å². The third-order valence-electron chi connectivity index (χ3n) is 6.20. The molecule has 2 fully saturated rings. The first kappa shape index (κ1) is 22.5. The highest BCUT2D eigenvalue weighted by Gasteiger charge is 2.27. The molecular weight excluding hydrogens is 392 g/mol. The quantitative estimate of drug-likeness (QED) is 0.501. The van der Waals surface area contributed by atoms with E-state index in [-0.39, 0.29) is 12.6 Å². The van der Waals surface area contributed by atoms with Crippen LogP contribution < -0.4 is 4.74 Å². The van der Waals surface area contributed by atoms with Gasteiger partial charge in [0.2, 0.25) is 0 Å². The Morgan fingerprint density at radius 3 is 2.19 bits per heavy atom. The van der Waals surface area contributed by atoms with Crippen molar-refractivity contribution in [3.05, 3.63) is 42.0 Å². The second-order valence-corrected chi connectivity index (χ2v) is 8.75. The van der Waals surface area contributed by atoms with Gasteiger partial charge >= 0.3 is 0 Å². The summed E-state index contributed by atoms with van der Waals surface area (Å²) < 4.78 is 29.6. The Morgan fingerprint density at radius 2 is 1.45 bits per heavy atom. The lowest BCUT2D eigenvalue weighted by atomic mass is 10.0. The number of unbranched alkanes of at least 4 members (excludes halogenated alkanes) is 1. The molecule has 5 heteroatoms. The maximum Gasteiger partial charge on any atom is 0.183 e. The maximum absolute atomic E-state index is 6.06. The summed E-state index contributed by atoms with van der Waals surface area (Å²) in [5.74, 6) is 1.85. The molecule has 0 saturated carbocycles. The van der Waals surface area contributed by atoms with E-state index in [0.29, 0.717) is 31.7 Å². The molecule has 31 heavy (non-hydrogen) atoms. The van der Waals surface area contributed by atoms with E-state index < -0.39 is 0 Å². The molecule has 0 aliphatic carbocycles. The summed E-state index contributed by atoms with van der Waals surface area (Å²) in [5, 5.41) is 2.33. The first-order valence-electron chi connectivity index (χ1n) is 11.9. The summed E-state index contributed by atoms with van der Waals surface area (Å²) in [4.78, 5) is 0. The molecule has 0 atom stereocenters. The predicted octanol–water partition coefficient (Wildman–Crippen LogP) is 5.86. The van der Waals surface area contributed by atoms with Crippen molar-refractivity contribution in [2.45, 2.75) is 58.5 Å². The van der Waals surface area contributed by atoms with Gasteiger partial charge in [-0.2, -0.15) is 0 Å². The van der Waals surface area contributed by atoms with Crippen LogP contribution in [0.5, 0.6) is 5.75 Å². The van der Waals surface area contributed by atoms with Crippen molar-refractivity contribution in [2.75, 3.05) is 33.0 Å². The smallest absolute Gasteiger partial charge is 0.183 e. The van der Waals surface area contributed by atoms with Gasteiger partial charge in [-0.25, -0.2) is 0 Å². The highest BCUT2D eigenvalue weighted by atomic mass is 16.7. The predicted molar refractivity (Wildman–Crippen MR) is 121 cm³/mol. The molecule has 0 unspecified atom stereocenters. The lowest BCUT2D eigenvalue weighted by molar-refractivity contribution is -0.220. The minimum atomic E-state index is -0.297. The molecule has 2 aromatic rings. The van der Waals surface area contributed by atoms with Gasteiger partial charge in [0.1, 0.15) is 5.75 Å². The van der Waals surface area contributed by atoms with Gasteiger partial charge in [0.25, 0.3) is 0 Å². The van der Waals surface area contributed by atoms with Crippen LogP contribution in [0.2, 0.25) is 0 Å². The fourth-order valence-corrected chi connectivity index (χ4v) is 4.33. The van der Waals surface area contributed by atoms with Crippen molar-refractivity contribution >= 4 is 10.8 Å². The first-order valence-corrected chi connectivity index (χ1v) is 11.9. The number of benzene rings is 2. The molecule has 170 valence electrons. The fourth-order valence-electron chi connectivity index (χ4n) is 4.33. The second-order valence-electron chi connectivity index (χ2n) is 8.75. The number of hydrogen-bond donors (Lipinski definition) is 0. The van der Waals surface area contributed by atoms with Gasteiger partial charge in [-0.05, 0) is 55.2 Å². The van der Waals surface area contributed by atoms with E-state index in [4.69, 9.17) is 23.7 Å². The van der Waals surface area contributed by atoms with E-state index in [9.17, 15) is 0 Å². The summed E-state index contributed by atoms with van der Waals surface area (Å²) in [7, 11) is 0. The normalized spacial score (nSPS) is 26.8. The van der Waals surface area contributed by atoms with Crippen molar-refractivity contribution in [1.82, 2.24) is 0 Å². The van der Waals surface area contributed by atoms with Crippen LogP contribution in [-0.2, 0) is 18.9 Å². The van der Waals surface area contributed by atoms with Crippen molar-refractivity contribution in [1.29, 1.82) is 0 Å². The molecule has 2 aromatic carbocycles. The number of ether oxygens (including phenoxy) is 5. The minimum absolute atomic E-state index is 0.0716. The average Bonchev–Trinajstić information content (AvgIpc) is 2.82. The molecule has 2 heterocycles. The summed E-state index contributed by atoms with van der Waals surface area (Å²) in [6, 6.07) is 12.5. The van der Waals surface area contributed by atoms with E-state index in [2.05, 4.69) is 37.3 Å². The first-order chi connectivity index (χ1) is 15.2. The van der Waals surface area contributed by atoms with Gasteiger partial charge in [-0.3, -0.25) is 0 Å². The Bertz CT molecular complexity index is 807. The third kappa shape index (κ3) is 6.19. The van der Waals surface area contributed by atoms with Crippen LogP contribution in [-0.4, -0.2) is 39.3 Å². The van der Waals surface area contributed by atoms with Crippen LogP contribution in [0.15, 0.2) is 36.4 Å². The van der Waals surface area contributed by atoms with Crippen LogP contribution >= 0.6 is 0 Å². The molecule has 2 saturated heterocycles. The fraction of sp³-hybridized carbons (Fsp3) is 0.615. The minimum Gasteiger partial charge on any atom is -0.494 e. The summed E-state index contributed by atoms with van der Waals surface area (Å²) in [5.41, 5.74) is 1.06. The van der Waals surface area contributed by atoms with Gasteiger partial charge < -0.3 is 23.7 Å². The maximum atomic E-state index is 6.06. The number of rotatable bonds is 9. The van der Waals surface area contributed by atoms with Gasteiger partial charge in [-0.1, -0.05) is 38.0 Å². The lowest BCUT2D eigenvalue weighted by Crippen LogP contribution is -2.33. The van der Waals surface area contributed by atoms with E-state index in [0.717, 1.165) is 42.8 Å². The third-order valence-corrected chi connectivity index (χ3v) is 6.20. The van der Waals surface area contributed by atoms with E-state index in [1.165, 1.54) is 24.6 Å². The zero-order valence-corrected chi connectivity index (χ0v) is 18.9. The molecule has 5 nitrogen and oxygen atoms in total.